The highest BCUT2D eigenvalue weighted by atomic mass is 79.9. The van der Waals surface area contributed by atoms with Crippen LogP contribution in [0.15, 0.2) is 28.4 Å². The van der Waals surface area contributed by atoms with E-state index in [0.29, 0.717) is 10.2 Å². The Bertz CT molecular complexity index is 748. The molecule has 25 heavy (non-hydrogen) atoms. The van der Waals surface area contributed by atoms with Crippen molar-refractivity contribution in [2.75, 3.05) is 19.5 Å². The maximum atomic E-state index is 11.9. The lowest BCUT2D eigenvalue weighted by Crippen LogP contribution is -2.42. The van der Waals surface area contributed by atoms with Crippen LogP contribution in [-0.2, 0) is 23.8 Å². The number of cyclic esters (lactones) is 2. The van der Waals surface area contributed by atoms with Gasteiger partial charge in [0.2, 0.25) is 0 Å². The standard InChI is InChI=1S/C16H16BrNO7/c1-16(2)24-14(20)9(15(21)25-16)7-18-11-6-12(22-3)10(17)5-8(11)13(19)23-4/h5-7,18H,1-4H3. The normalized spacial score (nSPS) is 15.8. The molecule has 0 atom stereocenters. The fraction of sp³-hybridized carbons (Fsp3) is 0.312. The second-order valence-electron chi connectivity index (χ2n) is 5.41. The Hall–Kier alpha value is -2.55. The molecule has 1 aliphatic heterocycles. The van der Waals surface area contributed by atoms with E-state index < -0.39 is 23.7 Å². The molecular formula is C16H16BrNO7. The summed E-state index contributed by atoms with van der Waals surface area (Å²) in [4.78, 5) is 35.8. The van der Waals surface area contributed by atoms with Crippen molar-refractivity contribution < 1.29 is 33.3 Å². The first kappa shape index (κ1) is 18.8. The van der Waals surface area contributed by atoms with E-state index in [9.17, 15) is 14.4 Å². The highest BCUT2D eigenvalue weighted by Gasteiger charge is 2.39. The molecule has 1 saturated heterocycles. The summed E-state index contributed by atoms with van der Waals surface area (Å²) in [5.41, 5.74) is 0.103. The molecule has 0 bridgehead atoms. The van der Waals surface area contributed by atoms with Gasteiger partial charge in [-0.25, -0.2) is 14.4 Å². The fourth-order valence-electron chi connectivity index (χ4n) is 2.04. The summed E-state index contributed by atoms with van der Waals surface area (Å²) in [6.45, 7) is 2.89. The number of hydrogen-bond acceptors (Lipinski definition) is 8. The molecule has 2 rings (SSSR count). The molecule has 0 unspecified atom stereocenters. The number of rotatable bonds is 4. The van der Waals surface area contributed by atoms with E-state index in [1.54, 1.807) is 0 Å². The molecule has 8 nitrogen and oxygen atoms in total. The van der Waals surface area contributed by atoms with Crippen molar-refractivity contribution in [2.24, 2.45) is 0 Å². The van der Waals surface area contributed by atoms with Crippen molar-refractivity contribution in [3.05, 3.63) is 33.9 Å². The monoisotopic (exact) mass is 413 g/mol. The van der Waals surface area contributed by atoms with Crippen molar-refractivity contribution in [3.8, 4) is 5.75 Å². The Morgan fingerprint density at radius 2 is 1.80 bits per heavy atom. The zero-order valence-electron chi connectivity index (χ0n) is 14.0. The van der Waals surface area contributed by atoms with Gasteiger partial charge >= 0.3 is 17.9 Å². The Labute approximate surface area is 152 Å². The third kappa shape index (κ3) is 4.11. The van der Waals surface area contributed by atoms with Crippen LogP contribution in [0.25, 0.3) is 0 Å². The van der Waals surface area contributed by atoms with Crippen LogP contribution in [0, 0.1) is 0 Å². The van der Waals surface area contributed by atoms with Crippen LogP contribution >= 0.6 is 15.9 Å². The first-order chi connectivity index (χ1) is 11.7. The Morgan fingerprint density at radius 1 is 1.20 bits per heavy atom. The quantitative estimate of drug-likeness (QED) is 0.456. The van der Waals surface area contributed by atoms with E-state index in [2.05, 4.69) is 21.2 Å². The lowest BCUT2D eigenvalue weighted by molar-refractivity contribution is -0.222. The Morgan fingerprint density at radius 3 is 2.32 bits per heavy atom. The Balaban J connectivity index is 2.38. The number of nitrogens with one attached hydrogen (secondary N) is 1. The average molecular weight is 414 g/mol. The molecule has 1 aromatic carbocycles. The molecule has 0 aromatic heterocycles. The molecular weight excluding hydrogens is 398 g/mol. The van der Waals surface area contributed by atoms with Crippen LogP contribution in [0.2, 0.25) is 0 Å². The van der Waals surface area contributed by atoms with Crippen LogP contribution in [0.4, 0.5) is 5.69 Å². The first-order valence-corrected chi connectivity index (χ1v) is 7.87. The van der Waals surface area contributed by atoms with Crippen molar-refractivity contribution in [1.82, 2.24) is 0 Å². The third-order valence-electron chi connectivity index (χ3n) is 3.19. The lowest BCUT2D eigenvalue weighted by atomic mass is 10.1. The molecule has 0 spiro atoms. The van der Waals surface area contributed by atoms with Gasteiger partial charge < -0.3 is 24.3 Å². The maximum Gasteiger partial charge on any atom is 0.350 e. The topological polar surface area (TPSA) is 100 Å². The maximum absolute atomic E-state index is 11.9. The van der Waals surface area contributed by atoms with Gasteiger partial charge in [0.25, 0.3) is 5.79 Å². The fourth-order valence-corrected chi connectivity index (χ4v) is 2.54. The summed E-state index contributed by atoms with van der Waals surface area (Å²) < 4.78 is 20.4. The SMILES string of the molecule is COC(=O)c1cc(Br)c(OC)cc1NC=C1C(=O)OC(C)(C)OC1=O. The van der Waals surface area contributed by atoms with E-state index >= 15 is 0 Å². The lowest BCUT2D eigenvalue weighted by Gasteiger charge is -2.29. The number of methoxy groups -OCH3 is 2. The number of benzene rings is 1. The van der Waals surface area contributed by atoms with Crippen LogP contribution < -0.4 is 10.1 Å². The average Bonchev–Trinajstić information content (AvgIpc) is 2.52. The van der Waals surface area contributed by atoms with E-state index in [1.807, 2.05) is 0 Å². The van der Waals surface area contributed by atoms with Crippen molar-refractivity contribution in [2.45, 2.75) is 19.6 Å². The molecule has 0 aliphatic carbocycles. The van der Waals surface area contributed by atoms with Crippen molar-refractivity contribution in [1.29, 1.82) is 0 Å². The van der Waals surface area contributed by atoms with E-state index in [0.717, 1.165) is 6.20 Å². The van der Waals surface area contributed by atoms with Crippen molar-refractivity contribution in [3.63, 3.8) is 0 Å². The van der Waals surface area contributed by atoms with E-state index in [1.165, 1.54) is 40.2 Å². The highest BCUT2D eigenvalue weighted by molar-refractivity contribution is 9.10. The third-order valence-corrected chi connectivity index (χ3v) is 3.81. The molecule has 1 fully saturated rings. The number of anilines is 1. The smallest absolute Gasteiger partial charge is 0.350 e. The van der Waals surface area contributed by atoms with Crippen LogP contribution in [0.3, 0.4) is 0 Å². The van der Waals surface area contributed by atoms with Crippen LogP contribution in [-0.4, -0.2) is 37.9 Å². The summed E-state index contributed by atoms with van der Waals surface area (Å²) in [5.74, 6) is -3.18. The van der Waals surface area contributed by atoms with Gasteiger partial charge in [-0.3, -0.25) is 0 Å². The van der Waals surface area contributed by atoms with Gasteiger partial charge in [-0.1, -0.05) is 0 Å². The van der Waals surface area contributed by atoms with Crippen LogP contribution in [0.5, 0.6) is 5.75 Å². The predicted octanol–water partition coefficient (Wildman–Crippen LogP) is 2.38. The summed E-state index contributed by atoms with van der Waals surface area (Å²) in [5, 5.41) is 2.72. The largest absolute Gasteiger partial charge is 0.495 e. The molecule has 1 N–H and O–H groups in total. The van der Waals surface area contributed by atoms with Gasteiger partial charge in [0.15, 0.2) is 5.57 Å². The number of hydrogen-bond donors (Lipinski definition) is 1. The molecule has 1 aliphatic rings. The first-order valence-electron chi connectivity index (χ1n) is 7.07. The number of carbonyl (C=O) groups is 3. The molecule has 0 radical (unpaired) electrons. The van der Waals surface area contributed by atoms with Gasteiger partial charge in [0, 0.05) is 26.1 Å². The highest BCUT2D eigenvalue weighted by Crippen LogP contribution is 2.32. The van der Waals surface area contributed by atoms with Gasteiger partial charge in [-0.15, -0.1) is 0 Å². The summed E-state index contributed by atoms with van der Waals surface area (Å²) >= 11 is 3.27. The number of carbonyl (C=O) groups excluding carboxylic acids is 3. The van der Waals surface area contributed by atoms with E-state index in [4.69, 9.17) is 18.9 Å². The molecule has 9 heteroatoms. The van der Waals surface area contributed by atoms with Gasteiger partial charge in [0.1, 0.15) is 5.75 Å². The second-order valence-corrected chi connectivity index (χ2v) is 6.26. The van der Waals surface area contributed by atoms with E-state index in [-0.39, 0.29) is 16.8 Å². The zero-order valence-corrected chi connectivity index (χ0v) is 15.6. The zero-order chi connectivity index (χ0) is 18.8. The van der Waals surface area contributed by atoms with Gasteiger partial charge in [-0.2, -0.15) is 0 Å². The minimum atomic E-state index is -1.33. The molecule has 0 saturated carbocycles. The number of ether oxygens (including phenoxy) is 4. The molecule has 134 valence electrons. The minimum Gasteiger partial charge on any atom is -0.495 e. The number of halogens is 1. The Kier molecular flexibility index (Phi) is 5.36. The molecule has 1 heterocycles. The minimum absolute atomic E-state index is 0.171. The van der Waals surface area contributed by atoms with Gasteiger partial charge in [-0.05, 0) is 22.0 Å². The summed E-state index contributed by atoms with van der Waals surface area (Å²) in [7, 11) is 2.69. The van der Waals surface area contributed by atoms with Crippen molar-refractivity contribution >= 4 is 39.5 Å². The predicted molar refractivity (Wildman–Crippen MR) is 90.0 cm³/mol. The molecule has 0 amide bonds. The number of esters is 3. The summed E-state index contributed by atoms with van der Waals surface area (Å²) in [6, 6.07) is 3.00. The molecule has 1 aromatic rings. The summed E-state index contributed by atoms with van der Waals surface area (Å²) in [6.07, 6.45) is 1.11. The van der Waals surface area contributed by atoms with Crippen LogP contribution in [0.1, 0.15) is 24.2 Å². The van der Waals surface area contributed by atoms with Gasteiger partial charge in [0.05, 0.1) is 29.9 Å². The second kappa shape index (κ2) is 7.14.